The molecule has 0 radical (unpaired) electrons. The van der Waals surface area contributed by atoms with Crippen LogP contribution in [0.1, 0.15) is 64.7 Å². The molecule has 2 aliphatic rings. The molecule has 2 aliphatic heterocycles. The third kappa shape index (κ3) is 5.13. The van der Waals surface area contributed by atoms with Gasteiger partial charge in [0, 0.05) is 5.56 Å². The number of rotatable bonds is 6. The third-order valence-corrected chi connectivity index (χ3v) is 13.5. The highest BCUT2D eigenvalue weighted by Gasteiger charge is 2.50. The number of alkyl carbamates (subject to hydrolysis) is 1. The lowest BCUT2D eigenvalue weighted by atomic mass is 9.85. The van der Waals surface area contributed by atoms with Crippen LogP contribution >= 0.6 is 0 Å². The third-order valence-electron chi connectivity index (χ3n) is 8.71. The zero-order valence-electron chi connectivity index (χ0n) is 26.0. The number of aromatic nitrogens is 2. The molecule has 10 nitrogen and oxygen atoms in total. The highest BCUT2D eigenvalue weighted by atomic mass is 28.3. The number of carbonyl (C=O) groups excluding carboxylic acids is 3. The first-order valence-corrected chi connectivity index (χ1v) is 17.7. The van der Waals surface area contributed by atoms with E-state index in [0.717, 1.165) is 16.5 Å². The highest BCUT2D eigenvalue weighted by Crippen LogP contribution is 2.41. The second-order valence-corrected chi connectivity index (χ2v) is 18.2. The zero-order chi connectivity index (χ0) is 31.5. The molecule has 3 aromatic rings. The monoisotopic (exact) mass is 605 g/mol. The van der Waals surface area contributed by atoms with Gasteiger partial charge < -0.3 is 24.1 Å². The Morgan fingerprint density at radius 2 is 1.86 bits per heavy atom. The van der Waals surface area contributed by atoms with Crippen LogP contribution in [0.2, 0.25) is 18.6 Å². The number of cyclic esters (lactones) is 1. The van der Waals surface area contributed by atoms with Gasteiger partial charge in [0.25, 0.3) is 5.56 Å². The standard InChI is InChI=1S/C32H39N3O7Si/c1-9-32(41-25(36)15-33-30(39)42-31(4,5)6)22-14-24-26-20(16-35(24)28(37)21(22)17-40-29(32)38)27(43(7,8)18(2)3)19-12-10-11-13-23(19)34-26/h10-14,18H,9,15-17H2,1-8H3,(H,33,39). The molecule has 0 aliphatic carbocycles. The topological polar surface area (TPSA) is 126 Å². The van der Waals surface area contributed by atoms with E-state index >= 15 is 0 Å². The first kappa shape index (κ1) is 30.5. The summed E-state index contributed by atoms with van der Waals surface area (Å²) < 4.78 is 18.1. The van der Waals surface area contributed by atoms with E-state index in [0.29, 0.717) is 23.5 Å². The summed E-state index contributed by atoms with van der Waals surface area (Å²) in [6.45, 7) is 15.6. The lowest BCUT2D eigenvalue weighted by Crippen LogP contribution is -2.49. The molecule has 11 heteroatoms. The van der Waals surface area contributed by atoms with Gasteiger partial charge in [0.1, 0.15) is 18.8 Å². The fourth-order valence-electron chi connectivity index (χ4n) is 5.90. The van der Waals surface area contributed by atoms with E-state index in [1.807, 2.05) is 18.2 Å². The van der Waals surface area contributed by atoms with Gasteiger partial charge in [0.2, 0.25) is 5.60 Å². The van der Waals surface area contributed by atoms with Crippen LogP contribution in [0, 0.1) is 0 Å². The van der Waals surface area contributed by atoms with Crippen LogP contribution in [0.5, 0.6) is 0 Å². The Labute approximate surface area is 251 Å². The molecule has 0 bridgehead atoms. The summed E-state index contributed by atoms with van der Waals surface area (Å²) in [5.41, 5.74) is 1.22. The normalized spacial score (nSPS) is 17.7. The number of amides is 1. The maximum Gasteiger partial charge on any atom is 0.408 e. The highest BCUT2D eigenvalue weighted by molar-refractivity contribution is 6.92. The molecule has 1 unspecified atom stereocenters. The largest absolute Gasteiger partial charge is 0.457 e. The number of carbonyl (C=O) groups is 3. The number of nitrogens with one attached hydrogen (secondary N) is 1. The van der Waals surface area contributed by atoms with Crippen molar-refractivity contribution in [1.29, 1.82) is 0 Å². The SMILES string of the molecule is CCC1(OC(=O)CNC(=O)OC(C)(C)C)C(=O)OCc2c1cc1n(c2=O)Cc2c-1nc1ccccc1c2[Si](C)(C)C(C)C. The van der Waals surface area contributed by atoms with Crippen LogP contribution < -0.4 is 16.1 Å². The Morgan fingerprint density at radius 3 is 2.51 bits per heavy atom. The van der Waals surface area contributed by atoms with E-state index in [9.17, 15) is 19.2 Å². The van der Waals surface area contributed by atoms with E-state index in [2.05, 4.69) is 38.3 Å². The summed E-state index contributed by atoms with van der Waals surface area (Å²) in [7, 11) is -2.02. The summed E-state index contributed by atoms with van der Waals surface area (Å²) >= 11 is 0. The number of nitrogens with zero attached hydrogens (tertiary/aromatic N) is 2. The number of hydrogen-bond donors (Lipinski definition) is 1. The fourth-order valence-corrected chi connectivity index (χ4v) is 8.36. The summed E-state index contributed by atoms with van der Waals surface area (Å²) in [6, 6.07) is 9.81. The molecule has 0 fully saturated rings. The van der Waals surface area contributed by atoms with Crippen LogP contribution in [-0.4, -0.2) is 47.8 Å². The zero-order valence-corrected chi connectivity index (χ0v) is 27.0. The first-order chi connectivity index (χ1) is 20.1. The fraction of sp³-hybridized carbons (Fsp3) is 0.469. The van der Waals surface area contributed by atoms with E-state index in [-0.39, 0.29) is 29.7 Å². The van der Waals surface area contributed by atoms with Crippen molar-refractivity contribution >= 4 is 42.2 Å². The predicted octanol–water partition coefficient (Wildman–Crippen LogP) is 4.48. The lowest BCUT2D eigenvalue weighted by molar-refractivity contribution is -0.188. The minimum absolute atomic E-state index is 0.0243. The van der Waals surface area contributed by atoms with E-state index in [1.54, 1.807) is 38.3 Å². The van der Waals surface area contributed by atoms with Crippen LogP contribution in [0.4, 0.5) is 4.79 Å². The Hall–Kier alpha value is -3.99. The molecular weight excluding hydrogens is 566 g/mol. The quantitative estimate of drug-likeness (QED) is 0.194. The number of hydrogen-bond acceptors (Lipinski definition) is 8. The van der Waals surface area contributed by atoms with Gasteiger partial charge in [-0.2, -0.15) is 0 Å². The molecular formula is C32H39N3O7Si. The second-order valence-electron chi connectivity index (χ2n) is 13.1. The number of esters is 2. The molecule has 1 amide bonds. The Morgan fingerprint density at radius 1 is 1.16 bits per heavy atom. The molecule has 228 valence electrons. The van der Waals surface area contributed by atoms with Gasteiger partial charge in [-0.25, -0.2) is 14.6 Å². The molecule has 5 rings (SSSR count). The molecule has 0 saturated heterocycles. The average Bonchev–Trinajstić information content (AvgIpc) is 3.29. The summed E-state index contributed by atoms with van der Waals surface area (Å²) in [4.78, 5) is 57.5. The van der Waals surface area contributed by atoms with Gasteiger partial charge in [-0.05, 0) is 61.0 Å². The van der Waals surface area contributed by atoms with Crippen LogP contribution in [-0.2, 0) is 42.6 Å². The first-order valence-electron chi connectivity index (χ1n) is 14.7. The van der Waals surface area contributed by atoms with Gasteiger partial charge in [0.05, 0.1) is 37.1 Å². The molecule has 1 atom stereocenters. The molecule has 4 heterocycles. The van der Waals surface area contributed by atoms with Crippen molar-refractivity contribution in [3.8, 4) is 11.4 Å². The van der Waals surface area contributed by atoms with Gasteiger partial charge in [-0.1, -0.05) is 52.1 Å². The number of fused-ring (bicyclic) bond motifs is 5. The summed E-state index contributed by atoms with van der Waals surface area (Å²) in [5, 5.41) is 4.74. The van der Waals surface area contributed by atoms with Crippen LogP contribution in [0.15, 0.2) is 35.1 Å². The number of pyridine rings is 2. The molecule has 2 aromatic heterocycles. The minimum atomic E-state index is -2.02. The Balaban J connectivity index is 1.62. The van der Waals surface area contributed by atoms with Crippen molar-refractivity contribution in [1.82, 2.24) is 14.9 Å². The Bertz CT molecular complexity index is 1720. The van der Waals surface area contributed by atoms with Crippen molar-refractivity contribution in [2.75, 3.05) is 6.54 Å². The summed E-state index contributed by atoms with van der Waals surface area (Å²) in [5.74, 6) is -1.63. The number of para-hydroxylation sites is 1. The van der Waals surface area contributed by atoms with Crippen molar-refractivity contribution in [2.24, 2.45) is 0 Å². The molecule has 1 aromatic carbocycles. The second kappa shape index (κ2) is 10.6. The minimum Gasteiger partial charge on any atom is -0.457 e. The van der Waals surface area contributed by atoms with Crippen LogP contribution in [0.25, 0.3) is 22.3 Å². The van der Waals surface area contributed by atoms with Gasteiger partial charge in [-0.15, -0.1) is 0 Å². The Kier molecular flexibility index (Phi) is 7.52. The van der Waals surface area contributed by atoms with Crippen molar-refractivity contribution < 1.29 is 28.6 Å². The average molecular weight is 606 g/mol. The molecule has 1 N–H and O–H groups in total. The molecule has 0 spiro atoms. The van der Waals surface area contributed by atoms with Gasteiger partial charge >= 0.3 is 18.0 Å². The van der Waals surface area contributed by atoms with E-state index < -0.39 is 43.9 Å². The smallest absolute Gasteiger partial charge is 0.408 e. The van der Waals surface area contributed by atoms with E-state index in [1.165, 1.54) is 5.19 Å². The number of ether oxygens (including phenoxy) is 3. The summed E-state index contributed by atoms with van der Waals surface area (Å²) in [6.07, 6.45) is -0.771. The number of benzene rings is 1. The molecule has 0 saturated carbocycles. The van der Waals surface area contributed by atoms with Gasteiger partial charge in [0.15, 0.2) is 0 Å². The maximum atomic E-state index is 14.0. The van der Waals surface area contributed by atoms with Crippen molar-refractivity contribution in [3.63, 3.8) is 0 Å². The predicted molar refractivity (Wildman–Crippen MR) is 165 cm³/mol. The van der Waals surface area contributed by atoms with Crippen LogP contribution in [0.3, 0.4) is 0 Å². The molecule has 43 heavy (non-hydrogen) atoms. The lowest BCUT2D eigenvalue weighted by Gasteiger charge is -2.35. The van der Waals surface area contributed by atoms with Crippen molar-refractivity contribution in [3.05, 3.63) is 57.4 Å². The maximum absolute atomic E-state index is 14.0. The van der Waals surface area contributed by atoms with E-state index in [4.69, 9.17) is 19.2 Å². The van der Waals surface area contributed by atoms with Gasteiger partial charge in [-0.3, -0.25) is 9.59 Å². The van der Waals surface area contributed by atoms with Crippen molar-refractivity contribution in [2.45, 2.75) is 91.0 Å².